The van der Waals surface area contributed by atoms with E-state index in [1.165, 1.54) is 12.4 Å². The van der Waals surface area contributed by atoms with Gasteiger partial charge in [0.25, 0.3) is 0 Å². The van der Waals surface area contributed by atoms with E-state index in [1.54, 1.807) is 16.8 Å². The zero-order valence-corrected chi connectivity index (χ0v) is 11.9. The Bertz CT molecular complexity index is 665. The first-order valence-corrected chi connectivity index (χ1v) is 7.88. The van der Waals surface area contributed by atoms with Crippen LogP contribution in [0.2, 0.25) is 5.02 Å². The maximum Gasteiger partial charge on any atom is 0.178 e. The van der Waals surface area contributed by atoms with Crippen molar-refractivity contribution in [1.29, 1.82) is 0 Å². The van der Waals surface area contributed by atoms with Crippen molar-refractivity contribution in [2.75, 3.05) is 12.8 Å². The second-order valence-electron chi connectivity index (χ2n) is 4.23. The first-order chi connectivity index (χ1) is 8.91. The standard InChI is InChI=1S/C12H14ClN3O2S/c1-19(17,18)11-7-15-16(8-11)12(6-14)9-2-4-10(13)5-3-9/h2-5,7-8,12H,6,14H2,1H3. The Balaban J connectivity index is 2.37. The van der Waals surface area contributed by atoms with E-state index in [2.05, 4.69) is 5.10 Å². The second-order valence-corrected chi connectivity index (χ2v) is 6.68. The smallest absolute Gasteiger partial charge is 0.178 e. The lowest BCUT2D eigenvalue weighted by Crippen LogP contribution is -2.20. The molecule has 0 aliphatic heterocycles. The number of hydrogen-bond donors (Lipinski definition) is 1. The molecule has 2 aromatic rings. The van der Waals surface area contributed by atoms with Crippen LogP contribution >= 0.6 is 11.6 Å². The topological polar surface area (TPSA) is 78.0 Å². The largest absolute Gasteiger partial charge is 0.328 e. The van der Waals surface area contributed by atoms with E-state index in [0.29, 0.717) is 11.6 Å². The molecule has 0 saturated carbocycles. The summed E-state index contributed by atoms with van der Waals surface area (Å²) in [5.41, 5.74) is 6.68. The van der Waals surface area contributed by atoms with Crippen LogP contribution in [-0.2, 0) is 9.84 Å². The van der Waals surface area contributed by atoms with Crippen molar-refractivity contribution in [3.05, 3.63) is 47.2 Å². The lowest BCUT2D eigenvalue weighted by Gasteiger charge is -2.15. The number of sulfone groups is 1. The predicted octanol–water partition coefficient (Wildman–Crippen LogP) is 1.49. The summed E-state index contributed by atoms with van der Waals surface area (Å²) in [5, 5.41) is 4.71. The normalized spacial score (nSPS) is 13.4. The molecule has 5 nitrogen and oxygen atoms in total. The number of aromatic nitrogens is 2. The monoisotopic (exact) mass is 299 g/mol. The molecule has 102 valence electrons. The Hall–Kier alpha value is -1.37. The first kappa shape index (κ1) is 14.0. The molecular weight excluding hydrogens is 286 g/mol. The van der Waals surface area contributed by atoms with Gasteiger partial charge in [-0.2, -0.15) is 5.10 Å². The highest BCUT2D eigenvalue weighted by Gasteiger charge is 2.16. The Morgan fingerprint density at radius 3 is 2.47 bits per heavy atom. The molecule has 7 heteroatoms. The molecule has 0 saturated heterocycles. The van der Waals surface area contributed by atoms with E-state index in [1.807, 2.05) is 12.1 Å². The Labute approximate surface area is 116 Å². The molecule has 1 aromatic carbocycles. The summed E-state index contributed by atoms with van der Waals surface area (Å²) in [5.74, 6) is 0. The highest BCUT2D eigenvalue weighted by atomic mass is 35.5. The van der Waals surface area contributed by atoms with Gasteiger partial charge in [-0.05, 0) is 17.7 Å². The summed E-state index contributed by atoms with van der Waals surface area (Å²) in [6.07, 6.45) is 3.96. The van der Waals surface area contributed by atoms with Crippen molar-refractivity contribution >= 4 is 21.4 Å². The molecule has 19 heavy (non-hydrogen) atoms. The maximum absolute atomic E-state index is 11.4. The van der Waals surface area contributed by atoms with Crippen LogP contribution in [0.4, 0.5) is 0 Å². The number of nitrogens with zero attached hydrogens (tertiary/aromatic N) is 2. The number of benzene rings is 1. The molecule has 1 heterocycles. The van der Waals surface area contributed by atoms with Gasteiger partial charge in [0.2, 0.25) is 0 Å². The molecular formula is C12H14ClN3O2S. The number of halogens is 1. The minimum atomic E-state index is -3.26. The third kappa shape index (κ3) is 3.15. The van der Waals surface area contributed by atoms with E-state index in [0.717, 1.165) is 11.8 Å². The Morgan fingerprint density at radius 2 is 2.00 bits per heavy atom. The number of rotatable bonds is 4. The van der Waals surface area contributed by atoms with Gasteiger partial charge < -0.3 is 5.73 Å². The second kappa shape index (κ2) is 5.32. The molecule has 0 bridgehead atoms. The van der Waals surface area contributed by atoms with Crippen LogP contribution in [0.15, 0.2) is 41.6 Å². The van der Waals surface area contributed by atoms with Gasteiger partial charge in [-0.25, -0.2) is 8.42 Å². The van der Waals surface area contributed by atoms with Crippen LogP contribution < -0.4 is 5.73 Å². The fraction of sp³-hybridized carbons (Fsp3) is 0.250. The van der Waals surface area contributed by atoms with Crippen molar-refractivity contribution in [2.45, 2.75) is 10.9 Å². The Kier molecular flexibility index (Phi) is 3.93. The predicted molar refractivity (Wildman–Crippen MR) is 74.0 cm³/mol. The molecule has 0 aliphatic rings. The van der Waals surface area contributed by atoms with Crippen LogP contribution in [0.3, 0.4) is 0 Å². The summed E-state index contributed by atoms with van der Waals surface area (Å²) < 4.78 is 24.4. The van der Waals surface area contributed by atoms with Gasteiger partial charge in [0.1, 0.15) is 4.90 Å². The van der Waals surface area contributed by atoms with Crippen LogP contribution in [0, 0.1) is 0 Å². The van der Waals surface area contributed by atoms with Gasteiger partial charge in [-0.15, -0.1) is 0 Å². The summed E-state index contributed by atoms with van der Waals surface area (Å²) >= 11 is 5.84. The summed E-state index contributed by atoms with van der Waals surface area (Å²) in [7, 11) is -3.26. The van der Waals surface area contributed by atoms with Crippen molar-refractivity contribution in [3.8, 4) is 0 Å². The molecule has 0 amide bonds. The third-order valence-electron chi connectivity index (χ3n) is 2.80. The molecule has 1 aromatic heterocycles. The SMILES string of the molecule is CS(=O)(=O)c1cnn(C(CN)c2ccc(Cl)cc2)c1. The fourth-order valence-corrected chi connectivity index (χ4v) is 2.43. The molecule has 0 aliphatic carbocycles. The van der Waals surface area contributed by atoms with E-state index >= 15 is 0 Å². The van der Waals surface area contributed by atoms with Crippen LogP contribution in [0.25, 0.3) is 0 Å². The van der Waals surface area contributed by atoms with Gasteiger partial charge >= 0.3 is 0 Å². The van der Waals surface area contributed by atoms with Gasteiger partial charge in [0.15, 0.2) is 9.84 Å². The van der Waals surface area contributed by atoms with Crippen molar-refractivity contribution in [2.24, 2.45) is 5.73 Å². The Morgan fingerprint density at radius 1 is 1.37 bits per heavy atom. The fourth-order valence-electron chi connectivity index (χ4n) is 1.76. The summed E-state index contributed by atoms with van der Waals surface area (Å²) in [4.78, 5) is 0.180. The molecule has 0 radical (unpaired) electrons. The maximum atomic E-state index is 11.4. The van der Waals surface area contributed by atoms with Gasteiger partial charge in [-0.1, -0.05) is 23.7 Å². The minimum Gasteiger partial charge on any atom is -0.328 e. The van der Waals surface area contributed by atoms with Gasteiger partial charge in [0.05, 0.1) is 12.2 Å². The minimum absolute atomic E-state index is 0.180. The molecule has 2 N–H and O–H groups in total. The molecule has 0 spiro atoms. The van der Waals surface area contributed by atoms with E-state index in [-0.39, 0.29) is 10.9 Å². The van der Waals surface area contributed by atoms with Crippen LogP contribution in [0.5, 0.6) is 0 Å². The summed E-state index contributed by atoms with van der Waals surface area (Å²) in [6, 6.07) is 7.01. The zero-order chi connectivity index (χ0) is 14.0. The number of nitrogens with two attached hydrogens (primary N) is 1. The number of hydrogen-bond acceptors (Lipinski definition) is 4. The van der Waals surface area contributed by atoms with Gasteiger partial charge in [0, 0.05) is 24.0 Å². The van der Waals surface area contributed by atoms with Crippen molar-refractivity contribution in [1.82, 2.24) is 9.78 Å². The van der Waals surface area contributed by atoms with Crippen molar-refractivity contribution in [3.63, 3.8) is 0 Å². The van der Waals surface area contributed by atoms with E-state index < -0.39 is 9.84 Å². The molecule has 1 unspecified atom stereocenters. The average molecular weight is 300 g/mol. The third-order valence-corrected chi connectivity index (χ3v) is 4.12. The van der Waals surface area contributed by atoms with Gasteiger partial charge in [-0.3, -0.25) is 4.68 Å². The summed E-state index contributed by atoms with van der Waals surface area (Å²) in [6.45, 7) is 0.312. The quantitative estimate of drug-likeness (QED) is 0.928. The zero-order valence-electron chi connectivity index (χ0n) is 10.3. The van der Waals surface area contributed by atoms with Crippen LogP contribution in [-0.4, -0.2) is 31.0 Å². The lowest BCUT2D eigenvalue weighted by atomic mass is 10.1. The van der Waals surface area contributed by atoms with Crippen LogP contribution in [0.1, 0.15) is 11.6 Å². The van der Waals surface area contributed by atoms with E-state index in [9.17, 15) is 8.42 Å². The highest BCUT2D eigenvalue weighted by Crippen LogP contribution is 2.20. The molecule has 2 rings (SSSR count). The highest BCUT2D eigenvalue weighted by molar-refractivity contribution is 7.90. The lowest BCUT2D eigenvalue weighted by molar-refractivity contribution is 0.530. The average Bonchev–Trinajstić information content (AvgIpc) is 2.82. The molecule has 0 fully saturated rings. The van der Waals surface area contributed by atoms with E-state index in [4.69, 9.17) is 17.3 Å². The van der Waals surface area contributed by atoms with Crippen molar-refractivity contribution < 1.29 is 8.42 Å². The molecule has 1 atom stereocenters. The first-order valence-electron chi connectivity index (χ1n) is 5.61.